The third-order valence-corrected chi connectivity index (χ3v) is 5.73. The second-order valence-corrected chi connectivity index (χ2v) is 8.97. The molecule has 11 nitrogen and oxygen atoms in total. The molecule has 0 bridgehead atoms. The van der Waals surface area contributed by atoms with Crippen LogP contribution in [-0.4, -0.2) is 51.6 Å². The predicted molar refractivity (Wildman–Crippen MR) is 114 cm³/mol. The van der Waals surface area contributed by atoms with Gasteiger partial charge >= 0.3 is 6.61 Å². The summed E-state index contributed by atoms with van der Waals surface area (Å²) in [5, 5.41) is 19.9. The summed E-state index contributed by atoms with van der Waals surface area (Å²) in [6, 6.07) is 6.81. The molecule has 3 heterocycles. The molecule has 34 heavy (non-hydrogen) atoms. The molecule has 14 heteroatoms. The van der Waals surface area contributed by atoms with Crippen LogP contribution in [0, 0.1) is 11.3 Å². The van der Waals surface area contributed by atoms with Crippen molar-refractivity contribution in [3.63, 3.8) is 0 Å². The number of benzene rings is 1. The molecule has 0 fully saturated rings. The maximum absolute atomic E-state index is 13.0. The van der Waals surface area contributed by atoms with Gasteiger partial charge in [0.2, 0.25) is 0 Å². The van der Waals surface area contributed by atoms with Crippen molar-refractivity contribution in [2.24, 2.45) is 0 Å². The number of sulfone groups is 1. The van der Waals surface area contributed by atoms with Gasteiger partial charge in [0, 0.05) is 24.2 Å². The van der Waals surface area contributed by atoms with Crippen LogP contribution in [0.5, 0.6) is 5.75 Å². The lowest BCUT2D eigenvalue weighted by Gasteiger charge is -2.12. The zero-order valence-electron chi connectivity index (χ0n) is 17.4. The molecule has 0 aliphatic carbocycles. The minimum atomic E-state index is -3.71. The van der Waals surface area contributed by atoms with Gasteiger partial charge in [-0.3, -0.25) is 9.48 Å². The van der Waals surface area contributed by atoms with Gasteiger partial charge in [0.25, 0.3) is 5.91 Å². The van der Waals surface area contributed by atoms with E-state index >= 15 is 0 Å². The smallest absolute Gasteiger partial charge is 0.387 e. The molecular formula is C20H15F2N7O4S. The Morgan fingerprint density at radius 2 is 2.15 bits per heavy atom. The molecule has 4 rings (SSSR count). The molecule has 0 spiro atoms. The van der Waals surface area contributed by atoms with Crippen molar-refractivity contribution < 1.29 is 26.7 Å². The van der Waals surface area contributed by atoms with Crippen molar-refractivity contribution in [2.45, 2.75) is 18.1 Å². The summed E-state index contributed by atoms with van der Waals surface area (Å²) in [5.74, 6) is -1.00. The van der Waals surface area contributed by atoms with Crippen molar-refractivity contribution in [2.75, 3.05) is 11.6 Å². The number of nitrogens with zero attached hydrogens (tertiary/aromatic N) is 6. The van der Waals surface area contributed by atoms with Crippen LogP contribution in [0.3, 0.4) is 0 Å². The summed E-state index contributed by atoms with van der Waals surface area (Å²) in [7, 11) is -3.71. The highest BCUT2D eigenvalue weighted by Gasteiger charge is 2.23. The summed E-state index contributed by atoms with van der Waals surface area (Å²) in [5.41, 5.74) is 0.225. The van der Waals surface area contributed by atoms with E-state index in [4.69, 9.17) is 5.26 Å². The van der Waals surface area contributed by atoms with Crippen LogP contribution in [0.4, 0.5) is 14.5 Å². The number of nitriles is 1. The first kappa shape index (κ1) is 22.8. The molecule has 0 unspecified atom stereocenters. The molecule has 0 atom stereocenters. The summed E-state index contributed by atoms with van der Waals surface area (Å²) in [6.45, 7) is -3.43. The van der Waals surface area contributed by atoms with E-state index in [0.29, 0.717) is 0 Å². The van der Waals surface area contributed by atoms with Crippen molar-refractivity contribution >= 4 is 27.1 Å². The van der Waals surface area contributed by atoms with Gasteiger partial charge in [-0.05, 0) is 24.3 Å². The Morgan fingerprint density at radius 3 is 2.85 bits per heavy atom. The van der Waals surface area contributed by atoms with Crippen LogP contribution in [0.2, 0.25) is 0 Å². The Hall–Kier alpha value is -4.38. The number of hydrogen-bond acceptors (Lipinski definition) is 8. The normalized spacial score (nSPS) is 11.5. The Balaban J connectivity index is 1.83. The van der Waals surface area contributed by atoms with Crippen LogP contribution >= 0.6 is 0 Å². The monoisotopic (exact) mass is 487 g/mol. The summed E-state index contributed by atoms with van der Waals surface area (Å²) in [4.78, 5) is 16.9. The number of rotatable bonds is 7. The number of nitrogens with one attached hydrogen (secondary N) is 1. The highest BCUT2D eigenvalue weighted by atomic mass is 32.2. The van der Waals surface area contributed by atoms with Gasteiger partial charge in [-0.1, -0.05) is 0 Å². The molecule has 1 N–H and O–H groups in total. The van der Waals surface area contributed by atoms with E-state index in [1.807, 2.05) is 6.07 Å². The molecule has 0 aliphatic heterocycles. The Labute approximate surface area is 191 Å². The number of aromatic nitrogens is 5. The number of hydrogen-bond donors (Lipinski definition) is 1. The highest BCUT2D eigenvalue weighted by molar-refractivity contribution is 7.90. The molecule has 0 saturated heterocycles. The second kappa shape index (κ2) is 8.87. The topological polar surface area (TPSA) is 144 Å². The molecule has 4 aromatic rings. The standard InChI is InChI=1S/C20H15F2N7O4S/c1-34(31,32)12-3-4-16(33-20(21)22)13(9-12)17-15(11-28(27-17)8-5-23)26-19(30)14-10-25-29-7-2-6-24-18(14)29/h2-4,6-7,9-11,20H,8H2,1H3,(H,26,30). The number of ether oxygens (including phenoxy) is 1. The van der Waals surface area contributed by atoms with E-state index in [-0.39, 0.29) is 45.3 Å². The van der Waals surface area contributed by atoms with Gasteiger partial charge in [-0.15, -0.1) is 0 Å². The van der Waals surface area contributed by atoms with Crippen molar-refractivity contribution in [1.29, 1.82) is 5.26 Å². The van der Waals surface area contributed by atoms with Gasteiger partial charge in [0.1, 0.15) is 23.6 Å². The van der Waals surface area contributed by atoms with Crippen molar-refractivity contribution in [1.82, 2.24) is 24.4 Å². The molecule has 3 aromatic heterocycles. The average Bonchev–Trinajstić information content (AvgIpc) is 3.37. The average molecular weight is 487 g/mol. The number of carbonyl (C=O) groups excluding carboxylic acids is 1. The lowest BCUT2D eigenvalue weighted by Crippen LogP contribution is -2.12. The number of fused-ring (bicyclic) bond motifs is 1. The van der Waals surface area contributed by atoms with Gasteiger partial charge < -0.3 is 10.1 Å². The van der Waals surface area contributed by atoms with Crippen LogP contribution in [0.1, 0.15) is 10.4 Å². The SMILES string of the molecule is CS(=O)(=O)c1ccc(OC(F)F)c(-c2nn(CC#N)cc2NC(=O)c2cnn3cccnc23)c1. The molecule has 0 saturated carbocycles. The third kappa shape index (κ3) is 4.55. The summed E-state index contributed by atoms with van der Waals surface area (Å²) < 4.78 is 57.3. The maximum atomic E-state index is 13.0. The number of halogens is 2. The van der Waals surface area contributed by atoms with E-state index in [1.165, 1.54) is 27.8 Å². The number of amides is 1. The largest absolute Gasteiger partial charge is 0.434 e. The number of alkyl halides is 2. The number of anilines is 1. The zero-order chi connectivity index (χ0) is 24.5. The van der Waals surface area contributed by atoms with E-state index in [9.17, 15) is 22.0 Å². The molecule has 1 amide bonds. The van der Waals surface area contributed by atoms with Crippen LogP contribution < -0.4 is 10.1 Å². The first-order chi connectivity index (χ1) is 16.2. The fourth-order valence-electron chi connectivity index (χ4n) is 3.17. The minimum Gasteiger partial charge on any atom is -0.434 e. The highest BCUT2D eigenvalue weighted by Crippen LogP contribution is 2.37. The van der Waals surface area contributed by atoms with Gasteiger partial charge in [-0.25, -0.2) is 17.9 Å². The van der Waals surface area contributed by atoms with Crippen LogP contribution in [-0.2, 0) is 16.4 Å². The fourth-order valence-corrected chi connectivity index (χ4v) is 3.81. The van der Waals surface area contributed by atoms with Crippen LogP contribution in [0.15, 0.2) is 53.9 Å². The second-order valence-electron chi connectivity index (χ2n) is 6.96. The predicted octanol–water partition coefficient (Wildman–Crippen LogP) is 2.37. The molecule has 0 aliphatic rings. The number of carbonyl (C=O) groups is 1. The van der Waals surface area contributed by atoms with E-state index in [0.717, 1.165) is 24.5 Å². The van der Waals surface area contributed by atoms with E-state index in [2.05, 4.69) is 25.2 Å². The van der Waals surface area contributed by atoms with Gasteiger partial charge in [-0.2, -0.15) is 24.2 Å². The first-order valence-electron chi connectivity index (χ1n) is 9.51. The van der Waals surface area contributed by atoms with Gasteiger partial charge in [0.05, 0.1) is 29.0 Å². The fraction of sp³-hybridized carbons (Fsp3) is 0.150. The van der Waals surface area contributed by atoms with Gasteiger partial charge in [0.15, 0.2) is 15.5 Å². The summed E-state index contributed by atoms with van der Waals surface area (Å²) >= 11 is 0. The Bertz CT molecular complexity index is 1540. The zero-order valence-corrected chi connectivity index (χ0v) is 18.2. The lowest BCUT2D eigenvalue weighted by atomic mass is 10.1. The minimum absolute atomic E-state index is 0.0281. The summed E-state index contributed by atoms with van der Waals surface area (Å²) in [6.07, 6.45) is 6.64. The Morgan fingerprint density at radius 1 is 1.35 bits per heavy atom. The lowest BCUT2D eigenvalue weighted by molar-refractivity contribution is -0.0494. The Kier molecular flexibility index (Phi) is 5.95. The van der Waals surface area contributed by atoms with Crippen LogP contribution in [0.25, 0.3) is 16.9 Å². The van der Waals surface area contributed by atoms with E-state index < -0.39 is 22.4 Å². The quantitative estimate of drug-likeness (QED) is 0.418. The third-order valence-electron chi connectivity index (χ3n) is 4.62. The maximum Gasteiger partial charge on any atom is 0.387 e. The molecule has 174 valence electrons. The van der Waals surface area contributed by atoms with Crippen molar-refractivity contribution in [3.8, 4) is 23.1 Å². The van der Waals surface area contributed by atoms with Crippen molar-refractivity contribution in [3.05, 3.63) is 54.6 Å². The van der Waals surface area contributed by atoms with E-state index in [1.54, 1.807) is 12.3 Å². The molecular weight excluding hydrogens is 472 g/mol. The first-order valence-corrected chi connectivity index (χ1v) is 11.4. The molecule has 1 aromatic carbocycles. The molecule has 0 radical (unpaired) electrons.